The molecule has 1 fully saturated rings. The highest BCUT2D eigenvalue weighted by Crippen LogP contribution is 2.32. The van der Waals surface area contributed by atoms with E-state index in [2.05, 4.69) is 9.78 Å². The third kappa shape index (κ3) is 1.12. The van der Waals surface area contributed by atoms with E-state index < -0.39 is 17.0 Å². The fraction of sp³-hybridized carbons (Fsp3) is 0.750. The molecule has 0 bridgehead atoms. The molecule has 1 rings (SSSR count). The van der Waals surface area contributed by atoms with Gasteiger partial charge in [-0.2, -0.15) is 4.89 Å². The van der Waals surface area contributed by atoms with Crippen LogP contribution in [0.3, 0.4) is 0 Å². The molecule has 0 N–H and O–H groups in total. The van der Waals surface area contributed by atoms with Gasteiger partial charge in [-0.05, 0) is 27.7 Å². The fourth-order valence-corrected chi connectivity index (χ4v) is 1.13. The molecule has 4 nitrogen and oxygen atoms in total. The summed E-state index contributed by atoms with van der Waals surface area (Å²) in [5.74, 6) is -0.891. The molecular weight excluding hydrogens is 160 g/mol. The maximum absolute atomic E-state index is 11.6. The highest BCUT2D eigenvalue weighted by molar-refractivity contribution is 6.07. The Morgan fingerprint density at radius 2 is 1.58 bits per heavy atom. The van der Waals surface area contributed by atoms with Gasteiger partial charge in [0.15, 0.2) is 11.4 Å². The summed E-state index contributed by atoms with van der Waals surface area (Å²) in [7, 11) is 0. The zero-order valence-corrected chi connectivity index (χ0v) is 7.63. The molecule has 0 aliphatic carbocycles. The molecule has 0 amide bonds. The van der Waals surface area contributed by atoms with Crippen molar-refractivity contribution >= 4 is 11.8 Å². The summed E-state index contributed by atoms with van der Waals surface area (Å²) < 4.78 is 0. The molecule has 68 valence electrons. The molecule has 1 heterocycles. The Morgan fingerprint density at radius 1 is 1.08 bits per heavy atom. The van der Waals surface area contributed by atoms with Crippen molar-refractivity contribution in [3.8, 4) is 0 Å². The molecule has 0 radical (unpaired) electrons. The van der Waals surface area contributed by atoms with Gasteiger partial charge in [-0.25, -0.2) is 4.79 Å². The van der Waals surface area contributed by atoms with Gasteiger partial charge in [-0.1, -0.05) is 0 Å². The lowest BCUT2D eigenvalue weighted by Crippen LogP contribution is -2.53. The van der Waals surface area contributed by atoms with Crippen molar-refractivity contribution in [2.24, 2.45) is 5.41 Å². The van der Waals surface area contributed by atoms with E-state index in [0.29, 0.717) is 0 Å². The van der Waals surface area contributed by atoms with E-state index >= 15 is 0 Å². The molecule has 12 heavy (non-hydrogen) atoms. The van der Waals surface area contributed by atoms with E-state index in [1.54, 1.807) is 13.8 Å². The van der Waals surface area contributed by atoms with Crippen molar-refractivity contribution in [2.45, 2.75) is 33.3 Å². The molecule has 1 aliphatic heterocycles. The summed E-state index contributed by atoms with van der Waals surface area (Å²) in [6, 6.07) is 0. The van der Waals surface area contributed by atoms with Gasteiger partial charge in [0.05, 0.1) is 0 Å². The number of rotatable bonds is 0. The van der Waals surface area contributed by atoms with E-state index in [1.165, 1.54) is 13.8 Å². The predicted octanol–water partition coefficient (Wildman–Crippen LogP) is 0.849. The number of ketones is 1. The second-order valence-corrected chi connectivity index (χ2v) is 3.92. The summed E-state index contributed by atoms with van der Waals surface area (Å²) in [5.41, 5.74) is -2.13. The van der Waals surface area contributed by atoms with Crippen LogP contribution in [0.25, 0.3) is 0 Å². The van der Waals surface area contributed by atoms with Crippen LogP contribution < -0.4 is 0 Å². The first-order valence-corrected chi connectivity index (χ1v) is 3.73. The normalized spacial score (nSPS) is 26.7. The van der Waals surface area contributed by atoms with E-state index in [4.69, 9.17) is 0 Å². The van der Waals surface area contributed by atoms with Crippen molar-refractivity contribution in [2.75, 3.05) is 0 Å². The lowest BCUT2D eigenvalue weighted by molar-refractivity contribution is -0.334. The van der Waals surface area contributed by atoms with Crippen LogP contribution in [-0.4, -0.2) is 17.4 Å². The first kappa shape index (κ1) is 9.19. The first-order chi connectivity index (χ1) is 5.28. The smallest absolute Gasteiger partial charge is 0.296 e. The largest absolute Gasteiger partial charge is 0.355 e. The standard InChI is InChI=1S/C8H12O4/c1-7(2)5(9)8(3,4)12-11-6(7)10/h1-4H3. The number of Topliss-reactive ketones (excluding diaryl/α,β-unsaturated/α-hetero) is 1. The maximum Gasteiger partial charge on any atom is 0.355 e. The summed E-state index contributed by atoms with van der Waals surface area (Å²) in [6.45, 7) is 6.21. The summed E-state index contributed by atoms with van der Waals surface area (Å²) in [5, 5.41) is 0. The van der Waals surface area contributed by atoms with Gasteiger partial charge in [0.25, 0.3) is 0 Å². The number of hydrogen-bond acceptors (Lipinski definition) is 4. The minimum atomic E-state index is -1.10. The van der Waals surface area contributed by atoms with E-state index in [0.717, 1.165) is 0 Å². The third-order valence-electron chi connectivity index (χ3n) is 1.95. The van der Waals surface area contributed by atoms with Gasteiger partial charge in [0.1, 0.15) is 5.41 Å². The fourth-order valence-electron chi connectivity index (χ4n) is 1.13. The SMILES string of the molecule is CC1(C)OOC(=O)C(C)(C)C1=O. The Bertz CT molecular complexity index is 239. The predicted molar refractivity (Wildman–Crippen MR) is 40.0 cm³/mol. The lowest BCUT2D eigenvalue weighted by atomic mass is 9.80. The Labute approximate surface area is 70.8 Å². The molecule has 4 heteroatoms. The van der Waals surface area contributed by atoms with Crippen LogP contribution in [0, 0.1) is 5.41 Å². The number of carbonyl (C=O) groups excluding carboxylic acids is 2. The summed E-state index contributed by atoms with van der Waals surface area (Å²) in [4.78, 5) is 31.6. The van der Waals surface area contributed by atoms with Crippen LogP contribution in [0.15, 0.2) is 0 Å². The maximum atomic E-state index is 11.6. The minimum Gasteiger partial charge on any atom is -0.296 e. The minimum absolute atomic E-state index is 0.258. The summed E-state index contributed by atoms with van der Waals surface area (Å²) in [6.07, 6.45) is 0. The van der Waals surface area contributed by atoms with Crippen LogP contribution >= 0.6 is 0 Å². The Hall–Kier alpha value is -0.900. The van der Waals surface area contributed by atoms with Crippen molar-refractivity contribution in [1.82, 2.24) is 0 Å². The molecular formula is C8H12O4. The van der Waals surface area contributed by atoms with Crippen LogP contribution in [0.2, 0.25) is 0 Å². The second-order valence-electron chi connectivity index (χ2n) is 3.92. The average molecular weight is 172 g/mol. The van der Waals surface area contributed by atoms with Crippen LogP contribution in [0.5, 0.6) is 0 Å². The van der Waals surface area contributed by atoms with Gasteiger partial charge in [0, 0.05) is 0 Å². The van der Waals surface area contributed by atoms with E-state index in [-0.39, 0.29) is 5.78 Å². The van der Waals surface area contributed by atoms with Crippen LogP contribution in [0.4, 0.5) is 0 Å². The summed E-state index contributed by atoms with van der Waals surface area (Å²) >= 11 is 0. The Balaban J connectivity index is 3.02. The van der Waals surface area contributed by atoms with E-state index in [1.807, 2.05) is 0 Å². The van der Waals surface area contributed by atoms with Gasteiger partial charge in [-0.15, -0.1) is 0 Å². The highest BCUT2D eigenvalue weighted by atomic mass is 17.2. The zero-order chi connectivity index (χ0) is 9.57. The van der Waals surface area contributed by atoms with Gasteiger partial charge in [0.2, 0.25) is 0 Å². The molecule has 0 unspecified atom stereocenters. The van der Waals surface area contributed by atoms with Gasteiger partial charge in [-0.3, -0.25) is 9.68 Å². The molecule has 0 aromatic carbocycles. The van der Waals surface area contributed by atoms with Gasteiger partial charge >= 0.3 is 5.97 Å². The van der Waals surface area contributed by atoms with Crippen molar-refractivity contribution < 1.29 is 19.4 Å². The van der Waals surface area contributed by atoms with Gasteiger partial charge < -0.3 is 0 Å². The average Bonchev–Trinajstić information content (AvgIpc) is 1.96. The second kappa shape index (κ2) is 2.29. The highest BCUT2D eigenvalue weighted by Gasteiger charge is 2.52. The number of carbonyl (C=O) groups is 2. The topological polar surface area (TPSA) is 52.6 Å². The molecule has 0 saturated carbocycles. The Morgan fingerprint density at radius 3 is 2.00 bits per heavy atom. The quantitative estimate of drug-likeness (QED) is 0.401. The zero-order valence-electron chi connectivity index (χ0n) is 7.63. The molecule has 0 spiro atoms. The molecule has 0 aromatic heterocycles. The third-order valence-corrected chi connectivity index (χ3v) is 1.95. The molecule has 1 saturated heterocycles. The van der Waals surface area contributed by atoms with Crippen molar-refractivity contribution in [1.29, 1.82) is 0 Å². The van der Waals surface area contributed by atoms with Crippen molar-refractivity contribution in [3.63, 3.8) is 0 Å². The van der Waals surface area contributed by atoms with Crippen LogP contribution in [-0.2, 0) is 19.4 Å². The van der Waals surface area contributed by atoms with Crippen LogP contribution in [0.1, 0.15) is 27.7 Å². The first-order valence-electron chi connectivity index (χ1n) is 3.73. The molecule has 0 atom stereocenters. The van der Waals surface area contributed by atoms with Crippen molar-refractivity contribution in [3.05, 3.63) is 0 Å². The lowest BCUT2D eigenvalue weighted by Gasteiger charge is -2.34. The monoisotopic (exact) mass is 172 g/mol. The Kier molecular flexibility index (Phi) is 1.76. The number of hydrogen-bond donors (Lipinski definition) is 0. The molecule has 1 aliphatic rings. The molecule has 0 aromatic rings. The van der Waals surface area contributed by atoms with E-state index in [9.17, 15) is 9.59 Å².